The third-order valence-corrected chi connectivity index (χ3v) is 6.92. The quantitative estimate of drug-likeness (QED) is 0.347. The first kappa shape index (κ1) is 26.8. The number of nitrogens with one attached hydrogen (secondary N) is 1. The minimum absolute atomic E-state index is 0.333. The largest absolute Gasteiger partial charge is 0.492 e. The predicted octanol–water partition coefficient (Wildman–Crippen LogP) is 3.98. The number of carboxylic acid groups (broad SMARTS) is 1. The highest BCUT2D eigenvalue weighted by Crippen LogP contribution is 2.31. The molecule has 0 saturated carbocycles. The van der Waals surface area contributed by atoms with Crippen molar-refractivity contribution >= 4 is 34.9 Å². The van der Waals surface area contributed by atoms with Crippen LogP contribution >= 0.6 is 11.6 Å². The molecule has 1 aromatic carbocycles. The zero-order valence-electron chi connectivity index (χ0n) is 21.6. The minimum atomic E-state index is -1.29. The molecule has 204 valence electrons. The Morgan fingerprint density at radius 2 is 1.98 bits per heavy atom. The number of nitrogens with zero attached hydrogens (tertiary/aromatic N) is 6. The van der Waals surface area contributed by atoms with E-state index in [1.165, 1.54) is 6.20 Å². The Hall–Kier alpha value is -4.82. The maximum atomic E-state index is 13.3. The molecule has 0 aliphatic carbocycles. The van der Waals surface area contributed by atoms with Crippen LogP contribution in [0.25, 0.3) is 16.6 Å². The molecule has 40 heavy (non-hydrogen) atoms. The van der Waals surface area contributed by atoms with Gasteiger partial charge in [-0.1, -0.05) is 23.7 Å². The molecule has 1 saturated heterocycles. The van der Waals surface area contributed by atoms with E-state index in [4.69, 9.17) is 16.3 Å². The zero-order chi connectivity index (χ0) is 28.2. The van der Waals surface area contributed by atoms with Crippen molar-refractivity contribution in [3.8, 4) is 22.9 Å². The molecule has 5 rings (SSSR count). The lowest BCUT2D eigenvalue weighted by atomic mass is 10.0. The van der Waals surface area contributed by atoms with Gasteiger partial charge in [-0.05, 0) is 42.8 Å². The lowest BCUT2D eigenvalue weighted by Gasteiger charge is -2.37. The topological polar surface area (TPSA) is 136 Å². The molecule has 1 atom stereocenters. The first-order valence-corrected chi connectivity index (χ1v) is 13.0. The van der Waals surface area contributed by atoms with Crippen LogP contribution in [0, 0.1) is 11.3 Å². The van der Waals surface area contributed by atoms with E-state index in [2.05, 4.69) is 26.4 Å². The summed E-state index contributed by atoms with van der Waals surface area (Å²) in [7, 11) is 0. The number of benzene rings is 1. The number of piperazine rings is 1. The van der Waals surface area contributed by atoms with Crippen LogP contribution in [0.15, 0.2) is 61.1 Å². The molecule has 1 aliphatic rings. The van der Waals surface area contributed by atoms with Gasteiger partial charge in [0.25, 0.3) is 0 Å². The summed E-state index contributed by atoms with van der Waals surface area (Å²) in [5.41, 5.74) is 3.21. The van der Waals surface area contributed by atoms with Gasteiger partial charge in [0, 0.05) is 48.5 Å². The average Bonchev–Trinajstić information content (AvgIpc) is 3.38. The first-order valence-electron chi connectivity index (χ1n) is 12.7. The van der Waals surface area contributed by atoms with Gasteiger partial charge in [-0.2, -0.15) is 10.4 Å². The minimum Gasteiger partial charge on any atom is -0.492 e. The van der Waals surface area contributed by atoms with E-state index in [1.807, 2.05) is 25.1 Å². The van der Waals surface area contributed by atoms with Crippen LogP contribution < -0.4 is 15.0 Å². The van der Waals surface area contributed by atoms with Crippen LogP contribution in [-0.2, 0) is 4.79 Å². The Morgan fingerprint density at radius 1 is 1.18 bits per heavy atom. The lowest BCUT2D eigenvalue weighted by molar-refractivity contribution is -0.133. The maximum Gasteiger partial charge on any atom is 0.405 e. The molecule has 4 aromatic rings. The number of rotatable bonds is 7. The van der Waals surface area contributed by atoms with Gasteiger partial charge in [0.05, 0.1) is 30.1 Å². The van der Waals surface area contributed by atoms with Crippen LogP contribution in [0.5, 0.6) is 5.75 Å². The Morgan fingerprint density at radius 3 is 2.62 bits per heavy atom. The van der Waals surface area contributed by atoms with E-state index < -0.39 is 12.1 Å². The van der Waals surface area contributed by atoms with Gasteiger partial charge in [-0.3, -0.25) is 4.79 Å². The second kappa shape index (κ2) is 11.5. The van der Waals surface area contributed by atoms with E-state index in [1.54, 1.807) is 46.1 Å². The normalized spacial score (nSPS) is 14.0. The van der Waals surface area contributed by atoms with Crippen LogP contribution in [0.3, 0.4) is 0 Å². The highest BCUT2D eigenvalue weighted by atomic mass is 35.5. The van der Waals surface area contributed by atoms with Gasteiger partial charge in [-0.25, -0.2) is 14.3 Å². The van der Waals surface area contributed by atoms with Gasteiger partial charge in [-0.15, -0.1) is 0 Å². The van der Waals surface area contributed by atoms with E-state index in [9.17, 15) is 20.0 Å². The summed E-state index contributed by atoms with van der Waals surface area (Å²) in [6.07, 6.45) is 3.73. The summed E-state index contributed by atoms with van der Waals surface area (Å²) >= 11 is 6.07. The van der Waals surface area contributed by atoms with Gasteiger partial charge in [0.2, 0.25) is 5.91 Å². The third-order valence-electron chi connectivity index (χ3n) is 6.69. The molecule has 1 aliphatic heterocycles. The molecule has 0 unspecified atom stereocenters. The average molecular weight is 560 g/mol. The van der Waals surface area contributed by atoms with Crippen molar-refractivity contribution in [3.63, 3.8) is 0 Å². The molecular weight excluding hydrogens is 534 g/mol. The van der Waals surface area contributed by atoms with Crippen molar-refractivity contribution in [1.82, 2.24) is 24.8 Å². The summed E-state index contributed by atoms with van der Waals surface area (Å²) in [4.78, 5) is 33.1. The van der Waals surface area contributed by atoms with E-state index >= 15 is 0 Å². The van der Waals surface area contributed by atoms with Crippen LogP contribution in [0.1, 0.15) is 24.1 Å². The molecule has 1 fully saturated rings. The summed E-state index contributed by atoms with van der Waals surface area (Å²) in [6, 6.07) is 13.5. The molecule has 11 nitrogen and oxygen atoms in total. The standard InChI is InChI=1S/C28H26ClN7O4/c1-2-40-22-13-23(26-20(14-30)16-32-36(26)17-22)19-6-7-24(31-15-19)34-8-10-35(11-9-34)27(37)25(33-28(38)39)18-4-3-5-21(29)12-18/h3-7,12-13,15-17,25,33H,2,8-11H2,1H3,(H,38,39)/t25-/m1/s1. The number of amides is 2. The van der Waals surface area contributed by atoms with E-state index in [0.717, 1.165) is 16.9 Å². The number of pyridine rings is 2. The van der Waals surface area contributed by atoms with Crippen LogP contribution in [-0.4, -0.2) is 69.4 Å². The fourth-order valence-electron chi connectivity index (χ4n) is 4.81. The van der Waals surface area contributed by atoms with Crippen molar-refractivity contribution in [3.05, 3.63) is 77.2 Å². The summed E-state index contributed by atoms with van der Waals surface area (Å²) < 4.78 is 7.33. The second-order valence-corrected chi connectivity index (χ2v) is 9.58. The molecule has 0 spiro atoms. The molecule has 4 heterocycles. The van der Waals surface area contributed by atoms with Crippen molar-refractivity contribution in [2.24, 2.45) is 0 Å². The predicted molar refractivity (Wildman–Crippen MR) is 148 cm³/mol. The van der Waals surface area contributed by atoms with Crippen molar-refractivity contribution in [2.45, 2.75) is 13.0 Å². The number of hydrogen-bond acceptors (Lipinski definition) is 7. The summed E-state index contributed by atoms with van der Waals surface area (Å²) in [5.74, 6) is 1.05. The SMILES string of the molecule is CCOc1cc(-c2ccc(N3CCN(C(=O)[C@H](NC(=O)O)c4cccc(Cl)c4)CC3)nc2)c2c(C#N)cnn2c1. The number of hydrogen-bond donors (Lipinski definition) is 2. The molecular formula is C28H26ClN7O4. The Kier molecular flexibility index (Phi) is 7.70. The number of anilines is 1. The fourth-order valence-corrected chi connectivity index (χ4v) is 5.01. The van der Waals surface area contributed by atoms with Gasteiger partial charge < -0.3 is 25.0 Å². The Balaban J connectivity index is 1.31. The van der Waals surface area contributed by atoms with Crippen LogP contribution in [0.4, 0.5) is 10.6 Å². The smallest absolute Gasteiger partial charge is 0.405 e. The summed E-state index contributed by atoms with van der Waals surface area (Å²) in [5, 5.41) is 25.9. The van der Waals surface area contributed by atoms with Gasteiger partial charge in [0.15, 0.2) is 0 Å². The highest BCUT2D eigenvalue weighted by Gasteiger charge is 2.30. The van der Waals surface area contributed by atoms with Gasteiger partial charge >= 0.3 is 6.09 Å². The molecule has 0 bridgehead atoms. The Labute approximate surface area is 235 Å². The zero-order valence-corrected chi connectivity index (χ0v) is 22.4. The van der Waals surface area contributed by atoms with E-state index in [-0.39, 0.29) is 5.91 Å². The van der Waals surface area contributed by atoms with Crippen molar-refractivity contribution in [2.75, 3.05) is 37.7 Å². The van der Waals surface area contributed by atoms with Crippen molar-refractivity contribution in [1.29, 1.82) is 5.26 Å². The number of fused-ring (bicyclic) bond motifs is 1. The fraction of sp³-hybridized carbons (Fsp3) is 0.250. The molecule has 2 amide bonds. The van der Waals surface area contributed by atoms with Crippen LogP contribution in [0.2, 0.25) is 5.02 Å². The molecule has 12 heteroatoms. The number of ether oxygens (including phenoxy) is 1. The lowest BCUT2D eigenvalue weighted by Crippen LogP contribution is -2.52. The number of carbonyl (C=O) groups excluding carboxylic acids is 1. The molecule has 3 aromatic heterocycles. The highest BCUT2D eigenvalue weighted by molar-refractivity contribution is 6.30. The number of halogens is 1. The van der Waals surface area contributed by atoms with Crippen molar-refractivity contribution < 1.29 is 19.4 Å². The number of carbonyl (C=O) groups is 2. The second-order valence-electron chi connectivity index (χ2n) is 9.14. The maximum absolute atomic E-state index is 13.3. The van der Waals surface area contributed by atoms with E-state index in [0.29, 0.717) is 60.2 Å². The molecule has 0 radical (unpaired) electrons. The first-order chi connectivity index (χ1) is 19.4. The monoisotopic (exact) mass is 559 g/mol. The van der Waals surface area contributed by atoms with Gasteiger partial charge in [0.1, 0.15) is 23.7 Å². The number of aromatic nitrogens is 3. The summed E-state index contributed by atoms with van der Waals surface area (Å²) in [6.45, 7) is 4.25. The molecule has 2 N–H and O–H groups in total. The number of nitriles is 1. The third kappa shape index (κ3) is 5.48. The Bertz CT molecular complexity index is 1590.